The van der Waals surface area contributed by atoms with Gasteiger partial charge < -0.3 is 4.40 Å². The molecular weight excluding hydrogens is 198 g/mol. The molecule has 0 unspecified atom stereocenters. The van der Waals surface area contributed by atoms with Crippen molar-refractivity contribution >= 4 is 5.65 Å². The number of nitrogens with zero attached hydrogens (tertiary/aromatic N) is 3. The minimum absolute atomic E-state index is 0.492. The largest absolute Gasteiger partial charge is 0.301 e. The molecule has 0 bridgehead atoms. The molecule has 86 valence electrons. The van der Waals surface area contributed by atoms with E-state index >= 15 is 0 Å². The van der Waals surface area contributed by atoms with Gasteiger partial charge >= 0.3 is 0 Å². The van der Waals surface area contributed by atoms with Crippen LogP contribution in [0.15, 0.2) is 18.6 Å². The molecule has 0 spiro atoms. The second kappa shape index (κ2) is 4.24. The lowest BCUT2D eigenvalue weighted by Crippen LogP contribution is -2.02. The quantitative estimate of drug-likeness (QED) is 0.791. The van der Waals surface area contributed by atoms with Gasteiger partial charge in [-0.05, 0) is 18.3 Å². The topological polar surface area (TPSA) is 30.2 Å². The second-order valence-electron chi connectivity index (χ2n) is 5.00. The van der Waals surface area contributed by atoms with Gasteiger partial charge in [-0.1, -0.05) is 27.7 Å². The zero-order valence-electron chi connectivity index (χ0n) is 10.4. The normalized spacial score (nSPS) is 11.9. The Morgan fingerprint density at radius 1 is 1.25 bits per heavy atom. The van der Waals surface area contributed by atoms with Crippen molar-refractivity contribution in [3.63, 3.8) is 0 Å². The maximum Gasteiger partial charge on any atom is 0.155 e. The summed E-state index contributed by atoms with van der Waals surface area (Å²) < 4.78 is 2.16. The van der Waals surface area contributed by atoms with E-state index in [1.165, 1.54) is 11.4 Å². The van der Waals surface area contributed by atoms with Gasteiger partial charge in [-0.15, -0.1) is 0 Å². The van der Waals surface area contributed by atoms with E-state index in [9.17, 15) is 0 Å². The first-order valence-corrected chi connectivity index (χ1v) is 5.90. The summed E-state index contributed by atoms with van der Waals surface area (Å²) in [7, 11) is 0. The predicted octanol–water partition coefficient (Wildman–Crippen LogP) is 3.05. The first kappa shape index (κ1) is 11.1. The molecule has 0 aliphatic rings. The van der Waals surface area contributed by atoms with E-state index in [1.54, 1.807) is 0 Å². The molecule has 0 aromatic carbocycles. The smallest absolute Gasteiger partial charge is 0.155 e. The lowest BCUT2D eigenvalue weighted by atomic mass is 10.0. The molecule has 0 aliphatic heterocycles. The molecule has 0 saturated carbocycles. The SMILES string of the molecule is CC(C)Cc1nc2cnccn2c1C(C)C. The molecule has 3 heteroatoms. The average Bonchev–Trinajstić information content (AvgIpc) is 2.53. The third kappa shape index (κ3) is 1.94. The van der Waals surface area contributed by atoms with E-state index < -0.39 is 0 Å². The standard InChI is InChI=1S/C13H19N3/c1-9(2)7-11-13(10(3)4)16-6-5-14-8-12(16)15-11/h5-6,8-10H,7H2,1-4H3. The van der Waals surface area contributed by atoms with Gasteiger partial charge in [0.2, 0.25) is 0 Å². The Hall–Kier alpha value is -1.38. The number of hydrogen-bond acceptors (Lipinski definition) is 2. The van der Waals surface area contributed by atoms with E-state index in [-0.39, 0.29) is 0 Å². The van der Waals surface area contributed by atoms with Crippen LogP contribution in [-0.4, -0.2) is 14.4 Å². The van der Waals surface area contributed by atoms with Crippen LogP contribution >= 0.6 is 0 Å². The third-order valence-corrected chi connectivity index (χ3v) is 2.69. The van der Waals surface area contributed by atoms with Gasteiger partial charge in [-0.3, -0.25) is 4.98 Å². The van der Waals surface area contributed by atoms with Gasteiger partial charge in [0.25, 0.3) is 0 Å². The molecule has 0 atom stereocenters. The van der Waals surface area contributed by atoms with Crippen molar-refractivity contribution in [2.24, 2.45) is 5.92 Å². The van der Waals surface area contributed by atoms with Crippen LogP contribution in [0.2, 0.25) is 0 Å². The second-order valence-corrected chi connectivity index (χ2v) is 5.00. The summed E-state index contributed by atoms with van der Waals surface area (Å²) in [5.74, 6) is 1.13. The fourth-order valence-corrected chi connectivity index (χ4v) is 2.12. The summed E-state index contributed by atoms with van der Waals surface area (Å²) in [6.45, 7) is 8.89. The Morgan fingerprint density at radius 3 is 2.62 bits per heavy atom. The van der Waals surface area contributed by atoms with Crippen molar-refractivity contribution < 1.29 is 0 Å². The van der Waals surface area contributed by atoms with Crippen molar-refractivity contribution in [2.75, 3.05) is 0 Å². The average molecular weight is 217 g/mol. The highest BCUT2D eigenvalue weighted by Crippen LogP contribution is 2.22. The summed E-state index contributed by atoms with van der Waals surface area (Å²) in [4.78, 5) is 8.80. The summed E-state index contributed by atoms with van der Waals surface area (Å²) in [6.07, 6.45) is 6.69. The number of aromatic nitrogens is 3. The van der Waals surface area contributed by atoms with E-state index in [2.05, 4.69) is 42.1 Å². The van der Waals surface area contributed by atoms with E-state index in [0.717, 1.165) is 12.1 Å². The number of imidazole rings is 1. The minimum atomic E-state index is 0.492. The van der Waals surface area contributed by atoms with Gasteiger partial charge in [0.05, 0.1) is 11.9 Å². The number of rotatable bonds is 3. The highest BCUT2D eigenvalue weighted by molar-refractivity contribution is 5.41. The molecule has 0 aliphatic carbocycles. The van der Waals surface area contributed by atoms with Gasteiger partial charge in [-0.2, -0.15) is 0 Å². The fraction of sp³-hybridized carbons (Fsp3) is 0.538. The van der Waals surface area contributed by atoms with Gasteiger partial charge in [-0.25, -0.2) is 4.98 Å². The molecule has 2 aromatic rings. The third-order valence-electron chi connectivity index (χ3n) is 2.69. The summed E-state index contributed by atoms with van der Waals surface area (Å²) in [5, 5.41) is 0. The Kier molecular flexibility index (Phi) is 2.95. The molecule has 0 fully saturated rings. The molecule has 2 heterocycles. The highest BCUT2D eigenvalue weighted by atomic mass is 15.0. The first-order chi connectivity index (χ1) is 7.59. The molecule has 0 saturated heterocycles. The molecule has 2 rings (SSSR count). The van der Waals surface area contributed by atoms with Crippen LogP contribution in [0.5, 0.6) is 0 Å². The zero-order chi connectivity index (χ0) is 11.7. The van der Waals surface area contributed by atoms with Crippen molar-refractivity contribution in [3.8, 4) is 0 Å². The first-order valence-electron chi connectivity index (χ1n) is 5.90. The van der Waals surface area contributed by atoms with Crippen molar-refractivity contribution in [3.05, 3.63) is 30.0 Å². The summed E-state index contributed by atoms with van der Waals surface area (Å²) in [5.41, 5.74) is 3.51. The van der Waals surface area contributed by atoms with Crippen molar-refractivity contribution in [2.45, 2.75) is 40.0 Å². The highest BCUT2D eigenvalue weighted by Gasteiger charge is 2.15. The van der Waals surface area contributed by atoms with Gasteiger partial charge in [0.15, 0.2) is 5.65 Å². The molecule has 0 radical (unpaired) electrons. The minimum Gasteiger partial charge on any atom is -0.301 e. The monoisotopic (exact) mass is 217 g/mol. The van der Waals surface area contributed by atoms with E-state index in [1.807, 2.05) is 18.6 Å². The predicted molar refractivity (Wildman–Crippen MR) is 65.6 cm³/mol. The molecule has 16 heavy (non-hydrogen) atoms. The molecule has 3 nitrogen and oxygen atoms in total. The number of hydrogen-bond donors (Lipinski definition) is 0. The zero-order valence-corrected chi connectivity index (χ0v) is 10.4. The summed E-state index contributed by atoms with van der Waals surface area (Å²) >= 11 is 0. The van der Waals surface area contributed by atoms with Crippen molar-refractivity contribution in [1.29, 1.82) is 0 Å². The van der Waals surface area contributed by atoms with Crippen LogP contribution in [0.1, 0.15) is 45.0 Å². The van der Waals surface area contributed by atoms with Crippen molar-refractivity contribution in [1.82, 2.24) is 14.4 Å². The Morgan fingerprint density at radius 2 is 2.00 bits per heavy atom. The molecule has 2 aromatic heterocycles. The Balaban J connectivity index is 2.58. The van der Waals surface area contributed by atoms with Crippen LogP contribution in [0, 0.1) is 5.92 Å². The maximum atomic E-state index is 4.67. The Bertz CT molecular complexity index is 483. The van der Waals surface area contributed by atoms with E-state index in [4.69, 9.17) is 0 Å². The maximum absolute atomic E-state index is 4.67. The fourth-order valence-electron chi connectivity index (χ4n) is 2.12. The molecule has 0 N–H and O–H groups in total. The van der Waals surface area contributed by atoms with Crippen LogP contribution in [0.4, 0.5) is 0 Å². The Labute approximate surface area is 96.5 Å². The summed E-state index contributed by atoms with van der Waals surface area (Å²) in [6, 6.07) is 0. The van der Waals surface area contributed by atoms with Crippen LogP contribution in [0.3, 0.4) is 0 Å². The van der Waals surface area contributed by atoms with Crippen LogP contribution in [-0.2, 0) is 6.42 Å². The van der Waals surface area contributed by atoms with Crippen LogP contribution < -0.4 is 0 Å². The molecular formula is C13H19N3. The lowest BCUT2D eigenvalue weighted by molar-refractivity contribution is 0.626. The number of fused-ring (bicyclic) bond motifs is 1. The molecule has 0 amide bonds. The van der Waals surface area contributed by atoms with Gasteiger partial charge in [0, 0.05) is 18.1 Å². The van der Waals surface area contributed by atoms with E-state index in [0.29, 0.717) is 11.8 Å². The van der Waals surface area contributed by atoms with Gasteiger partial charge in [0.1, 0.15) is 0 Å². The van der Waals surface area contributed by atoms with Crippen LogP contribution in [0.25, 0.3) is 5.65 Å². The lowest BCUT2D eigenvalue weighted by Gasteiger charge is -2.09.